The molecule has 0 aliphatic carbocycles. The van der Waals surface area contributed by atoms with E-state index in [0.717, 1.165) is 23.9 Å². The number of carbonyl (C=O) groups excluding carboxylic acids is 1. The monoisotopic (exact) mass is 349 g/mol. The molecular weight excluding hydrogens is 310 g/mol. The van der Waals surface area contributed by atoms with Gasteiger partial charge in [0.15, 0.2) is 0 Å². The molecule has 0 bridgehead atoms. The summed E-state index contributed by atoms with van der Waals surface area (Å²) in [6.07, 6.45) is 11.2. The second-order valence-electron chi connectivity index (χ2n) is 7.88. The van der Waals surface area contributed by atoms with Gasteiger partial charge in [0.05, 0.1) is 21.1 Å². The minimum absolute atomic E-state index is 0.232. The summed E-state index contributed by atoms with van der Waals surface area (Å²) in [5, 5.41) is 10.1. The maximum absolute atomic E-state index is 10.1. The largest absolute Gasteiger partial charge is 0.550 e. The van der Waals surface area contributed by atoms with Crippen LogP contribution in [0.4, 0.5) is 0 Å². The van der Waals surface area contributed by atoms with Gasteiger partial charge in [0, 0.05) is 11.5 Å². The van der Waals surface area contributed by atoms with E-state index < -0.39 is 5.97 Å². The van der Waals surface area contributed by atoms with Crippen molar-refractivity contribution in [2.24, 2.45) is 0 Å². The molecule has 1 aromatic carbocycles. The van der Waals surface area contributed by atoms with Gasteiger partial charge in [-0.3, -0.25) is 0 Å². The number of rotatable bonds is 12. The van der Waals surface area contributed by atoms with Gasteiger partial charge in [-0.15, -0.1) is 0 Å². The predicted octanol–water partition coefficient (Wildman–Crippen LogP) is 4.55. The van der Waals surface area contributed by atoms with Crippen molar-refractivity contribution in [1.29, 1.82) is 0 Å². The smallest absolute Gasteiger partial charge is 0.104 e. The normalized spacial score (nSPS) is 10.9. The molecular formula is C22H39NO2. The molecule has 25 heavy (non-hydrogen) atoms. The number of carboxylic acid groups (broad SMARTS) is 1. The summed E-state index contributed by atoms with van der Waals surface area (Å²) in [7, 11) is 6.60. The van der Waals surface area contributed by atoms with E-state index in [4.69, 9.17) is 0 Å². The third-order valence-electron chi connectivity index (χ3n) is 3.98. The zero-order chi connectivity index (χ0) is 19.0. The van der Waals surface area contributed by atoms with Crippen LogP contribution in [0.25, 0.3) is 0 Å². The van der Waals surface area contributed by atoms with Crippen molar-refractivity contribution < 1.29 is 14.4 Å². The SMILES string of the molecule is CCCCCCCCCCCC(=O)[O-].C[N+](C)(C)Cc1ccccc1. The van der Waals surface area contributed by atoms with E-state index in [0.29, 0.717) is 0 Å². The van der Waals surface area contributed by atoms with Gasteiger partial charge in [0.25, 0.3) is 0 Å². The topological polar surface area (TPSA) is 40.1 Å². The van der Waals surface area contributed by atoms with Gasteiger partial charge in [0.1, 0.15) is 6.54 Å². The lowest BCUT2D eigenvalue weighted by Gasteiger charge is -2.23. The minimum Gasteiger partial charge on any atom is -0.550 e. The number of nitrogens with zero attached hydrogens (tertiary/aromatic N) is 1. The fourth-order valence-corrected chi connectivity index (χ4v) is 2.71. The number of unbranched alkanes of at least 4 members (excludes halogenated alkanes) is 8. The first-order chi connectivity index (χ1) is 11.8. The van der Waals surface area contributed by atoms with E-state index in [9.17, 15) is 9.90 Å². The van der Waals surface area contributed by atoms with E-state index in [-0.39, 0.29) is 6.42 Å². The molecule has 0 saturated carbocycles. The molecule has 1 aromatic rings. The number of hydrogen-bond donors (Lipinski definition) is 0. The van der Waals surface area contributed by atoms with E-state index >= 15 is 0 Å². The van der Waals surface area contributed by atoms with Crippen LogP contribution >= 0.6 is 0 Å². The molecule has 0 fully saturated rings. The van der Waals surface area contributed by atoms with Gasteiger partial charge in [0.2, 0.25) is 0 Å². The lowest BCUT2D eigenvalue weighted by Crippen LogP contribution is -2.33. The molecule has 144 valence electrons. The third kappa shape index (κ3) is 18.8. The van der Waals surface area contributed by atoms with Crippen molar-refractivity contribution in [2.75, 3.05) is 21.1 Å². The Morgan fingerprint density at radius 2 is 1.32 bits per heavy atom. The van der Waals surface area contributed by atoms with Crippen LogP contribution < -0.4 is 5.11 Å². The first-order valence-corrected chi connectivity index (χ1v) is 9.89. The Balaban J connectivity index is 0.000000472. The zero-order valence-corrected chi connectivity index (χ0v) is 16.9. The molecule has 0 heterocycles. The fraction of sp³-hybridized carbons (Fsp3) is 0.682. The molecule has 0 atom stereocenters. The summed E-state index contributed by atoms with van der Waals surface area (Å²) in [6, 6.07) is 10.6. The summed E-state index contributed by atoms with van der Waals surface area (Å²) in [5.41, 5.74) is 1.40. The number of carboxylic acids is 1. The number of quaternary nitrogens is 1. The van der Waals surface area contributed by atoms with Crippen LogP contribution in [-0.4, -0.2) is 31.6 Å². The maximum atomic E-state index is 10.1. The Bertz CT molecular complexity index is 423. The summed E-state index contributed by atoms with van der Waals surface area (Å²) < 4.78 is 0.990. The van der Waals surface area contributed by atoms with Gasteiger partial charge < -0.3 is 14.4 Å². The third-order valence-corrected chi connectivity index (χ3v) is 3.98. The van der Waals surface area contributed by atoms with Crippen LogP contribution in [0.15, 0.2) is 30.3 Å². The molecule has 0 radical (unpaired) electrons. The highest BCUT2D eigenvalue weighted by Gasteiger charge is 2.06. The minimum atomic E-state index is -0.909. The van der Waals surface area contributed by atoms with Gasteiger partial charge in [-0.1, -0.05) is 88.6 Å². The summed E-state index contributed by atoms with van der Waals surface area (Å²) in [5.74, 6) is -0.909. The first-order valence-electron chi connectivity index (χ1n) is 9.89. The lowest BCUT2D eigenvalue weighted by atomic mass is 10.1. The quantitative estimate of drug-likeness (QED) is 0.410. The Kier molecular flexibility index (Phi) is 14.1. The van der Waals surface area contributed by atoms with Crippen molar-refractivity contribution in [3.05, 3.63) is 35.9 Å². The van der Waals surface area contributed by atoms with Crippen LogP contribution in [0.5, 0.6) is 0 Å². The van der Waals surface area contributed by atoms with Gasteiger partial charge in [-0.25, -0.2) is 0 Å². The molecule has 0 spiro atoms. The highest BCUT2D eigenvalue weighted by Crippen LogP contribution is 2.10. The molecule has 0 aromatic heterocycles. The van der Waals surface area contributed by atoms with E-state index in [1.165, 1.54) is 50.5 Å². The summed E-state index contributed by atoms with van der Waals surface area (Å²) in [6.45, 7) is 3.32. The molecule has 0 saturated heterocycles. The van der Waals surface area contributed by atoms with Crippen molar-refractivity contribution >= 4 is 5.97 Å². The average molecular weight is 350 g/mol. The highest BCUT2D eigenvalue weighted by molar-refractivity contribution is 5.63. The molecule has 0 aliphatic heterocycles. The molecule has 0 unspecified atom stereocenters. The lowest BCUT2D eigenvalue weighted by molar-refractivity contribution is -0.884. The van der Waals surface area contributed by atoms with Crippen molar-refractivity contribution in [3.63, 3.8) is 0 Å². The second-order valence-corrected chi connectivity index (χ2v) is 7.88. The van der Waals surface area contributed by atoms with Crippen LogP contribution in [0.1, 0.15) is 76.7 Å². The Labute approximate surface area is 155 Å². The molecule has 0 N–H and O–H groups in total. The number of aliphatic carboxylic acids is 1. The Hall–Kier alpha value is -1.35. The van der Waals surface area contributed by atoms with Crippen LogP contribution in [0, 0.1) is 0 Å². The summed E-state index contributed by atoms with van der Waals surface area (Å²) in [4.78, 5) is 10.1. The maximum Gasteiger partial charge on any atom is 0.104 e. The number of benzene rings is 1. The molecule has 3 heteroatoms. The van der Waals surface area contributed by atoms with E-state index in [1.54, 1.807) is 0 Å². The predicted molar refractivity (Wildman–Crippen MR) is 105 cm³/mol. The molecule has 3 nitrogen and oxygen atoms in total. The Morgan fingerprint density at radius 1 is 0.840 bits per heavy atom. The molecule has 0 aliphatic rings. The number of hydrogen-bond acceptors (Lipinski definition) is 2. The van der Waals surface area contributed by atoms with Crippen molar-refractivity contribution in [2.45, 2.75) is 77.7 Å². The second kappa shape index (κ2) is 14.9. The zero-order valence-electron chi connectivity index (χ0n) is 16.9. The summed E-state index contributed by atoms with van der Waals surface area (Å²) >= 11 is 0. The highest BCUT2D eigenvalue weighted by atomic mass is 16.4. The first kappa shape index (κ1) is 23.6. The average Bonchev–Trinajstić information content (AvgIpc) is 2.53. The van der Waals surface area contributed by atoms with E-state index in [1.807, 2.05) is 0 Å². The van der Waals surface area contributed by atoms with Crippen LogP contribution in [0.2, 0.25) is 0 Å². The molecule has 0 amide bonds. The van der Waals surface area contributed by atoms with Gasteiger partial charge in [-0.2, -0.15) is 0 Å². The fourth-order valence-electron chi connectivity index (χ4n) is 2.71. The molecule has 1 rings (SSSR count). The van der Waals surface area contributed by atoms with Crippen LogP contribution in [-0.2, 0) is 11.3 Å². The van der Waals surface area contributed by atoms with Crippen molar-refractivity contribution in [1.82, 2.24) is 0 Å². The van der Waals surface area contributed by atoms with Crippen LogP contribution in [0.3, 0.4) is 0 Å². The Morgan fingerprint density at radius 3 is 1.76 bits per heavy atom. The standard InChI is InChI=1S/C12H24O2.C10H16N/c1-2-3-4-5-6-7-8-9-10-11-12(13)14;1-11(2,3)9-10-7-5-4-6-8-10/h2-11H2,1H3,(H,13,14);4-8H,9H2,1-3H3/q;+1/p-1. The van der Waals surface area contributed by atoms with E-state index in [2.05, 4.69) is 58.4 Å². The van der Waals surface area contributed by atoms with Gasteiger partial charge >= 0.3 is 0 Å². The van der Waals surface area contributed by atoms with Crippen molar-refractivity contribution in [3.8, 4) is 0 Å². The van der Waals surface area contributed by atoms with Gasteiger partial charge in [-0.05, 0) is 12.8 Å². The number of carbonyl (C=O) groups is 1.